The number of nitrogens with zero attached hydrogens (tertiary/aromatic N) is 1. The SMILES string of the molecule is CCOc1ccc(N(CC(=O)NCCOc2ccc3ccccc3c2)S(=O)(=O)c2ccc(F)cc2)cc1. The number of halogens is 1. The fraction of sp³-hybridized carbons (Fsp3) is 0.179. The van der Waals surface area contributed by atoms with Crippen LogP contribution in [-0.2, 0) is 14.8 Å². The Morgan fingerprint density at radius 3 is 2.24 bits per heavy atom. The highest BCUT2D eigenvalue weighted by molar-refractivity contribution is 7.92. The molecular weight excluding hydrogens is 495 g/mol. The van der Waals surface area contributed by atoms with Crippen LogP contribution in [0.3, 0.4) is 0 Å². The first kappa shape index (κ1) is 26.0. The van der Waals surface area contributed by atoms with E-state index in [0.717, 1.165) is 27.2 Å². The zero-order chi connectivity index (χ0) is 26.3. The molecule has 192 valence electrons. The Balaban J connectivity index is 1.43. The number of nitrogens with one attached hydrogen (secondary N) is 1. The number of ether oxygens (including phenoxy) is 2. The lowest BCUT2D eigenvalue weighted by Crippen LogP contribution is -2.41. The molecule has 7 nitrogen and oxygen atoms in total. The summed E-state index contributed by atoms with van der Waals surface area (Å²) in [4.78, 5) is 12.6. The van der Waals surface area contributed by atoms with Crippen LogP contribution in [0.1, 0.15) is 6.92 Å². The van der Waals surface area contributed by atoms with Crippen molar-refractivity contribution in [1.82, 2.24) is 5.32 Å². The second-order valence-electron chi connectivity index (χ2n) is 8.10. The van der Waals surface area contributed by atoms with Gasteiger partial charge in [0, 0.05) is 0 Å². The Morgan fingerprint density at radius 2 is 1.54 bits per heavy atom. The van der Waals surface area contributed by atoms with E-state index in [2.05, 4.69) is 5.32 Å². The molecule has 0 heterocycles. The van der Waals surface area contributed by atoms with E-state index in [0.29, 0.717) is 18.1 Å². The molecule has 0 spiro atoms. The molecule has 0 fully saturated rings. The number of hydrogen-bond donors (Lipinski definition) is 1. The van der Waals surface area contributed by atoms with Crippen LogP contribution in [0.25, 0.3) is 10.8 Å². The third-order valence-electron chi connectivity index (χ3n) is 5.54. The van der Waals surface area contributed by atoms with E-state index in [9.17, 15) is 17.6 Å². The third kappa shape index (κ3) is 6.56. The maximum atomic E-state index is 13.4. The number of benzene rings is 4. The van der Waals surface area contributed by atoms with Gasteiger partial charge in [0.05, 0.1) is 23.7 Å². The summed E-state index contributed by atoms with van der Waals surface area (Å²) < 4.78 is 52.3. The van der Waals surface area contributed by atoms with Gasteiger partial charge in [0.15, 0.2) is 0 Å². The van der Waals surface area contributed by atoms with Crippen molar-refractivity contribution in [3.63, 3.8) is 0 Å². The molecule has 0 aliphatic rings. The lowest BCUT2D eigenvalue weighted by molar-refractivity contribution is -0.119. The molecule has 4 aromatic rings. The predicted octanol–water partition coefficient (Wildman–Crippen LogP) is 4.77. The molecule has 0 radical (unpaired) electrons. The molecule has 37 heavy (non-hydrogen) atoms. The number of fused-ring (bicyclic) bond motifs is 1. The highest BCUT2D eigenvalue weighted by atomic mass is 32.2. The molecule has 4 rings (SSSR count). The molecular formula is C28H27FN2O5S. The van der Waals surface area contributed by atoms with E-state index in [1.807, 2.05) is 49.4 Å². The van der Waals surface area contributed by atoms with Gasteiger partial charge in [0.1, 0.15) is 30.5 Å². The van der Waals surface area contributed by atoms with Crippen molar-refractivity contribution in [1.29, 1.82) is 0 Å². The Labute approximate surface area is 215 Å². The minimum Gasteiger partial charge on any atom is -0.494 e. The highest BCUT2D eigenvalue weighted by Crippen LogP contribution is 2.26. The number of carbonyl (C=O) groups excluding carboxylic acids is 1. The van der Waals surface area contributed by atoms with Crippen LogP contribution < -0.4 is 19.1 Å². The summed E-state index contributed by atoms with van der Waals surface area (Å²) in [5.74, 6) is 0.168. The molecule has 0 aliphatic carbocycles. The van der Waals surface area contributed by atoms with Crippen LogP contribution >= 0.6 is 0 Å². The van der Waals surface area contributed by atoms with E-state index in [1.54, 1.807) is 24.3 Å². The average Bonchev–Trinajstić information content (AvgIpc) is 2.90. The molecule has 0 saturated heterocycles. The summed E-state index contributed by atoms with van der Waals surface area (Å²) in [6.45, 7) is 2.22. The van der Waals surface area contributed by atoms with Crippen molar-refractivity contribution in [2.75, 3.05) is 30.6 Å². The zero-order valence-electron chi connectivity index (χ0n) is 20.3. The van der Waals surface area contributed by atoms with Gasteiger partial charge in [-0.2, -0.15) is 0 Å². The first-order chi connectivity index (χ1) is 17.9. The van der Waals surface area contributed by atoms with E-state index in [-0.39, 0.29) is 23.7 Å². The van der Waals surface area contributed by atoms with Crippen molar-refractivity contribution < 1.29 is 27.1 Å². The number of rotatable bonds is 11. The molecule has 0 bridgehead atoms. The minimum atomic E-state index is -4.15. The molecule has 9 heteroatoms. The van der Waals surface area contributed by atoms with Gasteiger partial charge in [-0.3, -0.25) is 9.10 Å². The Kier molecular flexibility index (Phi) is 8.25. The van der Waals surface area contributed by atoms with Gasteiger partial charge in [0.25, 0.3) is 10.0 Å². The predicted molar refractivity (Wildman–Crippen MR) is 141 cm³/mol. The smallest absolute Gasteiger partial charge is 0.264 e. The average molecular weight is 523 g/mol. The number of amides is 1. The summed E-state index contributed by atoms with van der Waals surface area (Å²) in [5.41, 5.74) is 0.273. The lowest BCUT2D eigenvalue weighted by Gasteiger charge is -2.24. The normalized spacial score (nSPS) is 11.2. The van der Waals surface area contributed by atoms with E-state index < -0.39 is 28.3 Å². The second-order valence-corrected chi connectivity index (χ2v) is 9.96. The summed E-state index contributed by atoms with van der Waals surface area (Å²) in [6, 6.07) is 24.5. The number of sulfonamides is 1. The molecule has 0 saturated carbocycles. The van der Waals surface area contributed by atoms with E-state index in [4.69, 9.17) is 9.47 Å². The molecule has 0 aromatic heterocycles. The largest absolute Gasteiger partial charge is 0.494 e. The van der Waals surface area contributed by atoms with Gasteiger partial charge in [-0.05, 0) is 78.4 Å². The van der Waals surface area contributed by atoms with E-state index in [1.165, 1.54) is 12.1 Å². The number of anilines is 1. The van der Waals surface area contributed by atoms with Crippen molar-refractivity contribution in [2.45, 2.75) is 11.8 Å². The summed E-state index contributed by atoms with van der Waals surface area (Å²) in [7, 11) is -4.15. The minimum absolute atomic E-state index is 0.129. The Bertz CT molecular complexity index is 1460. The van der Waals surface area contributed by atoms with Gasteiger partial charge in [-0.25, -0.2) is 12.8 Å². The first-order valence-electron chi connectivity index (χ1n) is 11.8. The summed E-state index contributed by atoms with van der Waals surface area (Å²) in [6.07, 6.45) is 0. The van der Waals surface area contributed by atoms with Crippen LogP contribution in [0.15, 0.2) is 95.9 Å². The second kappa shape index (κ2) is 11.7. The molecule has 0 unspecified atom stereocenters. The molecule has 0 aliphatic heterocycles. The maximum Gasteiger partial charge on any atom is 0.264 e. The van der Waals surface area contributed by atoms with Crippen LogP contribution in [-0.4, -0.2) is 40.6 Å². The molecule has 4 aromatic carbocycles. The first-order valence-corrected chi connectivity index (χ1v) is 13.2. The standard InChI is InChI=1S/C28H27FN2O5S/c1-2-35-25-13-10-24(11-14-25)31(37(33,34)27-15-8-23(29)9-16-27)20-28(32)30-17-18-36-26-12-7-21-5-3-4-6-22(21)19-26/h3-16,19H,2,17-18,20H2,1H3,(H,30,32). The fourth-order valence-corrected chi connectivity index (χ4v) is 5.15. The van der Waals surface area contributed by atoms with Crippen LogP contribution in [0, 0.1) is 5.82 Å². The number of carbonyl (C=O) groups is 1. The monoisotopic (exact) mass is 522 g/mol. The Hall–Kier alpha value is -4.11. The number of hydrogen-bond acceptors (Lipinski definition) is 5. The topological polar surface area (TPSA) is 84.9 Å². The zero-order valence-corrected chi connectivity index (χ0v) is 21.1. The third-order valence-corrected chi connectivity index (χ3v) is 7.33. The van der Waals surface area contributed by atoms with Crippen molar-refractivity contribution in [3.05, 3.63) is 96.8 Å². The van der Waals surface area contributed by atoms with Crippen molar-refractivity contribution in [3.8, 4) is 11.5 Å². The fourth-order valence-electron chi connectivity index (χ4n) is 3.73. The maximum absolute atomic E-state index is 13.4. The van der Waals surface area contributed by atoms with Crippen LogP contribution in [0.4, 0.5) is 10.1 Å². The van der Waals surface area contributed by atoms with Crippen molar-refractivity contribution in [2.24, 2.45) is 0 Å². The van der Waals surface area contributed by atoms with Gasteiger partial charge in [0.2, 0.25) is 5.91 Å². The summed E-state index contributed by atoms with van der Waals surface area (Å²) >= 11 is 0. The van der Waals surface area contributed by atoms with Gasteiger partial charge in [-0.1, -0.05) is 30.3 Å². The quantitative estimate of drug-likeness (QED) is 0.287. The molecule has 0 atom stereocenters. The Morgan fingerprint density at radius 1 is 0.865 bits per heavy atom. The molecule has 1 N–H and O–H groups in total. The lowest BCUT2D eigenvalue weighted by atomic mass is 10.1. The van der Waals surface area contributed by atoms with E-state index >= 15 is 0 Å². The summed E-state index contributed by atoms with van der Waals surface area (Å²) in [5, 5.41) is 4.84. The molecule has 1 amide bonds. The van der Waals surface area contributed by atoms with Crippen LogP contribution in [0.2, 0.25) is 0 Å². The van der Waals surface area contributed by atoms with Crippen molar-refractivity contribution >= 4 is 32.4 Å². The van der Waals surface area contributed by atoms with Gasteiger partial charge >= 0.3 is 0 Å². The highest BCUT2D eigenvalue weighted by Gasteiger charge is 2.27. The van der Waals surface area contributed by atoms with Gasteiger partial charge in [-0.15, -0.1) is 0 Å². The van der Waals surface area contributed by atoms with Gasteiger partial charge < -0.3 is 14.8 Å². The van der Waals surface area contributed by atoms with Crippen LogP contribution in [0.5, 0.6) is 11.5 Å².